The van der Waals surface area contributed by atoms with Crippen LogP contribution in [0.15, 0.2) is 34.6 Å². The molecule has 0 amide bonds. The predicted octanol–water partition coefficient (Wildman–Crippen LogP) is 4.59. The average Bonchev–Trinajstić information content (AvgIpc) is 2.97. The second kappa shape index (κ2) is 7.33. The number of hydrogen-bond acceptors (Lipinski definition) is 5. The van der Waals surface area contributed by atoms with Crippen molar-refractivity contribution in [3.8, 4) is 5.69 Å². The molecule has 2 heterocycles. The Hall–Kier alpha value is -1.60. The summed E-state index contributed by atoms with van der Waals surface area (Å²) in [4.78, 5) is 18.6. The minimum absolute atomic E-state index is 0.0758. The lowest BCUT2D eigenvalue weighted by atomic mass is 10.2. The van der Waals surface area contributed by atoms with Crippen LogP contribution in [-0.4, -0.2) is 21.8 Å². The minimum atomic E-state index is -0.496. The van der Waals surface area contributed by atoms with Crippen molar-refractivity contribution in [3.05, 3.63) is 65.9 Å². The molecule has 0 atom stereocenters. The van der Waals surface area contributed by atoms with Crippen molar-refractivity contribution in [1.82, 2.24) is 14.8 Å². The first-order chi connectivity index (χ1) is 11.9. The van der Waals surface area contributed by atoms with E-state index in [2.05, 4.69) is 10.1 Å². The molecule has 0 saturated carbocycles. The summed E-state index contributed by atoms with van der Waals surface area (Å²) in [7, 11) is 1.93. The van der Waals surface area contributed by atoms with Crippen LogP contribution in [0.4, 0.5) is 5.69 Å². The molecule has 0 spiro atoms. The van der Waals surface area contributed by atoms with Crippen molar-refractivity contribution < 1.29 is 0 Å². The molecule has 25 heavy (non-hydrogen) atoms. The fourth-order valence-electron chi connectivity index (χ4n) is 2.30. The van der Waals surface area contributed by atoms with Gasteiger partial charge in [-0.05, 0) is 25.1 Å². The zero-order valence-electron chi connectivity index (χ0n) is 13.3. The maximum Gasteiger partial charge on any atom is 0.291 e. The Bertz CT molecular complexity index is 986. The number of thiazole rings is 1. The Morgan fingerprint density at radius 1 is 1.24 bits per heavy atom. The third-order valence-electron chi connectivity index (χ3n) is 3.50. The Balaban J connectivity index is 1.91. The first kappa shape index (κ1) is 18.2. The Kier molecular flexibility index (Phi) is 5.34. The van der Waals surface area contributed by atoms with Crippen LogP contribution in [0.3, 0.4) is 0 Å². The van der Waals surface area contributed by atoms with E-state index in [1.807, 2.05) is 30.3 Å². The predicted molar refractivity (Wildman–Crippen MR) is 104 cm³/mol. The first-order valence-corrected chi connectivity index (χ1v) is 9.23. The highest BCUT2D eigenvalue weighted by Crippen LogP contribution is 2.29. The van der Waals surface area contributed by atoms with Gasteiger partial charge in [0.2, 0.25) is 0 Å². The van der Waals surface area contributed by atoms with Crippen LogP contribution >= 0.6 is 46.1 Å². The summed E-state index contributed by atoms with van der Waals surface area (Å²) in [6.45, 7) is 2.60. The molecule has 130 valence electrons. The summed E-state index contributed by atoms with van der Waals surface area (Å²) in [6, 6.07) is 5.25. The van der Waals surface area contributed by atoms with E-state index in [-0.39, 0.29) is 10.0 Å². The van der Waals surface area contributed by atoms with E-state index >= 15 is 0 Å². The van der Waals surface area contributed by atoms with Gasteiger partial charge in [-0.25, -0.2) is 4.98 Å². The van der Waals surface area contributed by atoms with Crippen LogP contribution < -0.4 is 10.5 Å². The lowest BCUT2D eigenvalue weighted by molar-refractivity contribution is 0.806. The Morgan fingerprint density at radius 3 is 2.64 bits per heavy atom. The van der Waals surface area contributed by atoms with Gasteiger partial charge in [0.15, 0.2) is 0 Å². The molecule has 0 aliphatic carbocycles. The Morgan fingerprint density at radius 2 is 2.00 bits per heavy atom. The Labute approximate surface area is 163 Å². The van der Waals surface area contributed by atoms with Gasteiger partial charge in [0, 0.05) is 18.1 Å². The van der Waals surface area contributed by atoms with Gasteiger partial charge in [-0.1, -0.05) is 34.8 Å². The SMILES string of the molecule is Cc1csc(CN(C)c2ccc(-n3ncc(Cl)c(Cl)c3=O)cc2Cl)n1. The highest BCUT2D eigenvalue weighted by atomic mass is 35.5. The molecule has 1 aromatic carbocycles. The summed E-state index contributed by atoms with van der Waals surface area (Å²) in [5.41, 5.74) is 1.84. The number of nitrogens with zero attached hydrogens (tertiary/aromatic N) is 4. The quantitative estimate of drug-likeness (QED) is 0.625. The van der Waals surface area contributed by atoms with Crippen LogP contribution in [0, 0.1) is 6.92 Å². The van der Waals surface area contributed by atoms with E-state index in [0.717, 1.165) is 21.1 Å². The molecular formula is C16H13Cl3N4OS. The maximum absolute atomic E-state index is 12.2. The van der Waals surface area contributed by atoms with Crippen LogP contribution in [0.25, 0.3) is 5.69 Å². The summed E-state index contributed by atoms with van der Waals surface area (Å²) in [5, 5.41) is 7.55. The standard InChI is InChI=1S/C16H13Cl3N4OS/c1-9-8-25-14(21-9)7-22(2)13-4-3-10(5-11(13)17)23-16(24)15(19)12(18)6-20-23/h3-6,8H,7H2,1-2H3. The van der Waals surface area contributed by atoms with Gasteiger partial charge < -0.3 is 4.90 Å². The first-order valence-electron chi connectivity index (χ1n) is 7.22. The van der Waals surface area contributed by atoms with Crippen molar-refractivity contribution in [3.63, 3.8) is 0 Å². The molecule has 0 unspecified atom stereocenters. The van der Waals surface area contributed by atoms with E-state index in [9.17, 15) is 4.79 Å². The largest absolute Gasteiger partial charge is 0.367 e. The summed E-state index contributed by atoms with van der Waals surface area (Å²) in [5.74, 6) is 0. The number of aromatic nitrogens is 3. The summed E-state index contributed by atoms with van der Waals surface area (Å²) in [6.07, 6.45) is 1.32. The molecule has 3 rings (SSSR count). The van der Waals surface area contributed by atoms with Crippen LogP contribution in [-0.2, 0) is 6.54 Å². The monoisotopic (exact) mass is 414 g/mol. The van der Waals surface area contributed by atoms with Gasteiger partial charge in [-0.15, -0.1) is 11.3 Å². The lowest BCUT2D eigenvalue weighted by Crippen LogP contribution is -2.22. The summed E-state index contributed by atoms with van der Waals surface area (Å²) < 4.78 is 1.16. The molecule has 0 bridgehead atoms. The second-order valence-electron chi connectivity index (χ2n) is 5.40. The van der Waals surface area contributed by atoms with Gasteiger partial charge in [-0.2, -0.15) is 9.78 Å². The van der Waals surface area contributed by atoms with Gasteiger partial charge in [-0.3, -0.25) is 4.79 Å². The molecule has 0 fully saturated rings. The van der Waals surface area contributed by atoms with E-state index in [0.29, 0.717) is 17.3 Å². The molecule has 0 aliphatic rings. The number of benzene rings is 1. The lowest BCUT2D eigenvalue weighted by Gasteiger charge is -2.20. The van der Waals surface area contributed by atoms with Crippen molar-refractivity contribution >= 4 is 51.8 Å². The fourth-order valence-corrected chi connectivity index (χ4v) is 3.69. The summed E-state index contributed by atoms with van der Waals surface area (Å²) >= 11 is 19.7. The van der Waals surface area contributed by atoms with Crippen molar-refractivity contribution in [2.24, 2.45) is 0 Å². The van der Waals surface area contributed by atoms with Crippen molar-refractivity contribution in [1.29, 1.82) is 0 Å². The molecule has 0 N–H and O–H groups in total. The topological polar surface area (TPSA) is 51.0 Å². The van der Waals surface area contributed by atoms with Gasteiger partial charge in [0.1, 0.15) is 10.0 Å². The number of aryl methyl sites for hydroxylation is 1. The fraction of sp³-hybridized carbons (Fsp3) is 0.188. The van der Waals surface area contributed by atoms with Crippen LogP contribution in [0.1, 0.15) is 10.7 Å². The highest BCUT2D eigenvalue weighted by Gasteiger charge is 2.13. The number of hydrogen-bond donors (Lipinski definition) is 0. The molecule has 0 aliphatic heterocycles. The normalized spacial score (nSPS) is 10.9. The van der Waals surface area contributed by atoms with E-state index in [4.69, 9.17) is 34.8 Å². The molecule has 0 saturated heterocycles. The third kappa shape index (κ3) is 3.82. The van der Waals surface area contributed by atoms with Crippen LogP contribution in [0.2, 0.25) is 15.1 Å². The van der Waals surface area contributed by atoms with Crippen LogP contribution in [0.5, 0.6) is 0 Å². The smallest absolute Gasteiger partial charge is 0.291 e. The van der Waals surface area contributed by atoms with Crippen molar-refractivity contribution in [2.75, 3.05) is 11.9 Å². The van der Waals surface area contributed by atoms with E-state index in [1.54, 1.807) is 23.5 Å². The zero-order chi connectivity index (χ0) is 18.1. The number of anilines is 1. The maximum atomic E-state index is 12.2. The molecule has 9 heteroatoms. The average molecular weight is 416 g/mol. The third-order valence-corrected chi connectivity index (χ3v) is 5.51. The minimum Gasteiger partial charge on any atom is -0.367 e. The number of rotatable bonds is 4. The second-order valence-corrected chi connectivity index (χ2v) is 7.53. The zero-order valence-corrected chi connectivity index (χ0v) is 16.4. The van der Waals surface area contributed by atoms with Gasteiger partial charge >= 0.3 is 0 Å². The molecular weight excluding hydrogens is 403 g/mol. The number of halogens is 3. The molecule has 2 aromatic heterocycles. The van der Waals surface area contributed by atoms with Gasteiger partial charge in [0.05, 0.1) is 34.2 Å². The van der Waals surface area contributed by atoms with E-state index < -0.39 is 5.56 Å². The van der Waals surface area contributed by atoms with Crippen molar-refractivity contribution in [2.45, 2.75) is 13.5 Å². The highest BCUT2D eigenvalue weighted by molar-refractivity contribution is 7.09. The molecule has 3 aromatic rings. The molecule has 0 radical (unpaired) electrons. The van der Waals surface area contributed by atoms with E-state index in [1.165, 1.54) is 6.20 Å². The van der Waals surface area contributed by atoms with Gasteiger partial charge in [0.25, 0.3) is 5.56 Å². The molecule has 5 nitrogen and oxygen atoms in total.